The second-order valence-electron chi connectivity index (χ2n) is 8.72. The fourth-order valence-corrected chi connectivity index (χ4v) is 4.69. The fourth-order valence-electron chi connectivity index (χ4n) is 4.69. The van der Waals surface area contributed by atoms with E-state index in [0.29, 0.717) is 49.6 Å². The smallest absolute Gasteiger partial charge is 0.333 e. The van der Waals surface area contributed by atoms with Gasteiger partial charge in [-0.2, -0.15) is 0 Å². The monoisotopic (exact) mass is 532 g/mol. The Hall–Kier alpha value is -1.97. The van der Waals surface area contributed by atoms with Gasteiger partial charge in [-0.3, -0.25) is 4.90 Å². The summed E-state index contributed by atoms with van der Waals surface area (Å²) in [5, 5.41) is 12.7. The number of fused-ring (bicyclic) bond motifs is 1. The third-order valence-electron chi connectivity index (χ3n) is 6.42. The van der Waals surface area contributed by atoms with Crippen LogP contribution in [0.3, 0.4) is 0 Å². The molecule has 10 heteroatoms. The average Bonchev–Trinajstić information content (AvgIpc) is 3.23. The lowest BCUT2D eigenvalue weighted by molar-refractivity contribution is -0.149. The summed E-state index contributed by atoms with van der Waals surface area (Å²) >= 11 is 0. The highest BCUT2D eigenvalue weighted by atomic mass is 35.5. The molecule has 1 saturated heterocycles. The summed E-state index contributed by atoms with van der Waals surface area (Å²) < 4.78 is 38.0. The molecule has 1 saturated carbocycles. The molecule has 194 valence electrons. The number of ether oxygens (including phenoxy) is 2. The van der Waals surface area contributed by atoms with Crippen molar-refractivity contribution in [2.75, 3.05) is 32.8 Å². The molecule has 4 atom stereocenters. The topological polar surface area (TPSA) is 71.0 Å². The number of piperidine rings is 1. The predicted octanol–water partition coefficient (Wildman–Crippen LogP) is 3.94. The molecular weight excluding hydrogens is 501 g/mol. The van der Waals surface area contributed by atoms with E-state index in [1.165, 1.54) is 12.1 Å². The lowest BCUT2D eigenvalue weighted by Crippen LogP contribution is -2.33. The normalized spacial score (nSPS) is 21.4. The number of carbonyl (C=O) groups is 1. The molecular formula is C25H32Cl2F2N2O4. The summed E-state index contributed by atoms with van der Waals surface area (Å²) in [5.74, 6) is -0.102. The van der Waals surface area contributed by atoms with E-state index < -0.39 is 23.7 Å². The van der Waals surface area contributed by atoms with Gasteiger partial charge in [0.1, 0.15) is 24.0 Å². The van der Waals surface area contributed by atoms with Gasteiger partial charge in [0.25, 0.3) is 0 Å². The first-order valence-electron chi connectivity index (χ1n) is 11.4. The molecule has 35 heavy (non-hydrogen) atoms. The zero-order valence-electron chi connectivity index (χ0n) is 19.5. The largest absolute Gasteiger partial charge is 0.492 e. The van der Waals surface area contributed by atoms with Crippen molar-refractivity contribution in [1.82, 2.24) is 10.2 Å². The van der Waals surface area contributed by atoms with Crippen molar-refractivity contribution in [1.29, 1.82) is 0 Å². The highest BCUT2D eigenvalue weighted by Crippen LogP contribution is 2.45. The minimum absolute atomic E-state index is 0. The summed E-state index contributed by atoms with van der Waals surface area (Å²) in [6.45, 7) is 5.76. The summed E-state index contributed by atoms with van der Waals surface area (Å²) in [6, 6.07) is 11.7. The fraction of sp³-hybridized carbons (Fsp3) is 0.480. The van der Waals surface area contributed by atoms with Crippen LogP contribution in [0, 0.1) is 23.5 Å². The second-order valence-corrected chi connectivity index (χ2v) is 8.72. The molecule has 2 N–H and O–H groups in total. The number of rotatable bonds is 12. The van der Waals surface area contributed by atoms with Gasteiger partial charge in [-0.25, -0.2) is 13.6 Å². The first-order valence-corrected chi connectivity index (χ1v) is 11.4. The molecule has 4 rings (SSSR count). The first kappa shape index (κ1) is 29.3. The highest BCUT2D eigenvalue weighted by Gasteiger charge is 2.55. The van der Waals surface area contributed by atoms with E-state index in [4.69, 9.17) is 9.47 Å². The maximum absolute atomic E-state index is 13.9. The van der Waals surface area contributed by atoms with Crippen molar-refractivity contribution in [2.24, 2.45) is 11.8 Å². The van der Waals surface area contributed by atoms with Gasteiger partial charge >= 0.3 is 5.97 Å². The van der Waals surface area contributed by atoms with Crippen molar-refractivity contribution < 1.29 is 28.2 Å². The second kappa shape index (κ2) is 13.4. The van der Waals surface area contributed by atoms with Crippen molar-refractivity contribution in [3.8, 4) is 5.75 Å². The molecule has 0 bridgehead atoms. The van der Waals surface area contributed by atoms with Crippen LogP contribution in [0.2, 0.25) is 0 Å². The lowest BCUT2D eigenvalue weighted by Gasteiger charge is -2.20. The molecule has 2 fully saturated rings. The van der Waals surface area contributed by atoms with E-state index in [1.54, 1.807) is 6.92 Å². The van der Waals surface area contributed by atoms with Crippen LogP contribution < -0.4 is 10.1 Å². The maximum atomic E-state index is 13.9. The Bertz CT molecular complexity index is 955. The molecule has 2 aliphatic rings. The molecule has 1 aliphatic heterocycles. The van der Waals surface area contributed by atoms with E-state index >= 15 is 0 Å². The molecule has 6 nitrogen and oxygen atoms in total. The summed E-state index contributed by atoms with van der Waals surface area (Å²) in [7, 11) is 0. The van der Waals surface area contributed by atoms with Crippen LogP contribution in [0.5, 0.6) is 5.75 Å². The van der Waals surface area contributed by atoms with Gasteiger partial charge in [0.05, 0.1) is 0 Å². The van der Waals surface area contributed by atoms with Gasteiger partial charge in [-0.1, -0.05) is 18.2 Å². The average molecular weight is 533 g/mol. The minimum Gasteiger partial charge on any atom is -0.492 e. The zero-order valence-corrected chi connectivity index (χ0v) is 21.1. The molecule has 0 amide bonds. The Labute approximate surface area is 216 Å². The van der Waals surface area contributed by atoms with Crippen molar-refractivity contribution >= 4 is 30.8 Å². The van der Waals surface area contributed by atoms with Gasteiger partial charge < -0.3 is 19.9 Å². The Morgan fingerprint density at radius 2 is 1.83 bits per heavy atom. The van der Waals surface area contributed by atoms with Crippen LogP contribution in [0.15, 0.2) is 42.5 Å². The molecule has 1 unspecified atom stereocenters. The number of carboxylic acids is 1. The standard InChI is InChI=1S/C25H30F2N2O4.2ClH/c1-2-32-23(25(30)31)11-16-3-7-19(8-4-16)33-10-9-28-24-20-14-29(15-21(20)24)13-17-5-6-18(26)12-22(17)27;;/h3-8,12,20-21,23-24,28H,2,9-11,13-15H2,1H3,(H,30,31);2*1H/t20-,21+,23-,24?;;/m0../s1. The van der Waals surface area contributed by atoms with Gasteiger partial charge in [0.2, 0.25) is 0 Å². The third-order valence-corrected chi connectivity index (χ3v) is 6.42. The summed E-state index contributed by atoms with van der Waals surface area (Å²) in [6.07, 6.45) is -0.519. The molecule has 1 heterocycles. The van der Waals surface area contributed by atoms with Crippen molar-refractivity contribution in [2.45, 2.75) is 32.0 Å². The van der Waals surface area contributed by atoms with E-state index in [1.807, 2.05) is 24.3 Å². The van der Waals surface area contributed by atoms with E-state index in [-0.39, 0.29) is 24.8 Å². The number of benzene rings is 2. The summed E-state index contributed by atoms with van der Waals surface area (Å²) in [5.41, 5.74) is 1.43. The first-order chi connectivity index (χ1) is 15.9. The van der Waals surface area contributed by atoms with Crippen LogP contribution in [-0.2, 0) is 22.5 Å². The molecule has 0 spiro atoms. The molecule has 0 radical (unpaired) electrons. The number of nitrogens with one attached hydrogen (secondary N) is 1. The van der Waals surface area contributed by atoms with Crippen molar-refractivity contribution in [3.05, 3.63) is 65.2 Å². The number of aliphatic carboxylic acids is 1. The molecule has 0 aromatic heterocycles. The maximum Gasteiger partial charge on any atom is 0.333 e. The number of hydrogen-bond acceptors (Lipinski definition) is 5. The Morgan fingerprint density at radius 3 is 2.43 bits per heavy atom. The van der Waals surface area contributed by atoms with Crippen LogP contribution in [-0.4, -0.2) is 61.0 Å². The predicted molar refractivity (Wildman–Crippen MR) is 134 cm³/mol. The van der Waals surface area contributed by atoms with E-state index in [2.05, 4.69) is 10.2 Å². The van der Waals surface area contributed by atoms with Gasteiger partial charge in [0.15, 0.2) is 6.10 Å². The van der Waals surface area contributed by atoms with Crippen LogP contribution in [0.1, 0.15) is 18.1 Å². The van der Waals surface area contributed by atoms with Gasteiger partial charge in [-0.15, -0.1) is 24.8 Å². The van der Waals surface area contributed by atoms with Crippen LogP contribution in [0.4, 0.5) is 8.78 Å². The molecule has 2 aromatic carbocycles. The Morgan fingerprint density at radius 1 is 1.14 bits per heavy atom. The molecule has 1 aliphatic carbocycles. The molecule has 2 aromatic rings. The Kier molecular flexibility index (Phi) is 11.2. The van der Waals surface area contributed by atoms with E-state index in [9.17, 15) is 18.7 Å². The number of likely N-dealkylation sites (tertiary alicyclic amines) is 1. The SMILES string of the molecule is CCO[C@@H](Cc1ccc(OCCNC2[C@H]3CN(Cc4ccc(F)cc4F)C[C@@H]23)cc1)C(=O)O.Cl.Cl. The zero-order chi connectivity index (χ0) is 23.4. The van der Waals surface area contributed by atoms with Gasteiger partial charge in [-0.05, 0) is 42.5 Å². The van der Waals surface area contributed by atoms with Gasteiger partial charge in [0, 0.05) is 56.9 Å². The number of carboxylic acid groups (broad SMARTS) is 1. The van der Waals surface area contributed by atoms with Crippen LogP contribution in [0.25, 0.3) is 0 Å². The van der Waals surface area contributed by atoms with E-state index in [0.717, 1.165) is 37.0 Å². The minimum atomic E-state index is -0.959. The quantitative estimate of drug-likeness (QED) is 0.403. The summed E-state index contributed by atoms with van der Waals surface area (Å²) in [4.78, 5) is 13.4. The third kappa shape index (κ3) is 7.75. The number of hydrogen-bond donors (Lipinski definition) is 2. The Balaban J connectivity index is 0.00000216. The lowest BCUT2D eigenvalue weighted by atomic mass is 10.1. The number of halogens is 4. The highest BCUT2D eigenvalue weighted by molar-refractivity contribution is 5.85. The number of nitrogens with zero attached hydrogens (tertiary/aromatic N) is 1. The van der Waals surface area contributed by atoms with Crippen molar-refractivity contribution in [3.63, 3.8) is 0 Å². The van der Waals surface area contributed by atoms with Crippen LogP contribution >= 0.6 is 24.8 Å².